The van der Waals surface area contributed by atoms with E-state index in [-0.39, 0.29) is 18.2 Å². The maximum atomic E-state index is 12.2. The maximum Gasteiger partial charge on any atom is 0.237 e. The number of para-hydroxylation sites is 1. The second kappa shape index (κ2) is 6.67. The lowest BCUT2D eigenvalue weighted by atomic mass is 10.3. The first-order valence-corrected chi connectivity index (χ1v) is 9.19. The van der Waals surface area contributed by atoms with Crippen LogP contribution in [0.1, 0.15) is 0 Å². The average Bonchev–Trinajstić information content (AvgIpc) is 2.44. The van der Waals surface area contributed by atoms with Gasteiger partial charge >= 0.3 is 0 Å². The van der Waals surface area contributed by atoms with Crippen LogP contribution < -0.4 is 5.73 Å². The molecule has 0 aliphatic carbocycles. The highest BCUT2D eigenvalue weighted by atomic mass is 32.2. The first-order chi connectivity index (χ1) is 9.90. The summed E-state index contributed by atoms with van der Waals surface area (Å²) in [5.74, 6) is 0.254. The van der Waals surface area contributed by atoms with Crippen molar-refractivity contribution < 1.29 is 13.2 Å². The highest BCUT2D eigenvalue weighted by molar-refractivity contribution is 8.00. The molecular formula is C13H19N3O3S2. The Balaban J connectivity index is 1.90. The van der Waals surface area contributed by atoms with Crippen molar-refractivity contribution in [3.63, 3.8) is 0 Å². The van der Waals surface area contributed by atoms with Crippen LogP contribution in [0.15, 0.2) is 29.2 Å². The van der Waals surface area contributed by atoms with E-state index in [0.29, 0.717) is 24.5 Å². The predicted octanol–water partition coefficient (Wildman–Crippen LogP) is 0.465. The molecule has 1 saturated heterocycles. The number of anilines is 1. The van der Waals surface area contributed by atoms with Gasteiger partial charge in [-0.05, 0) is 12.1 Å². The van der Waals surface area contributed by atoms with Crippen LogP contribution in [0.25, 0.3) is 0 Å². The molecule has 0 saturated carbocycles. The molecule has 1 aromatic rings. The Morgan fingerprint density at radius 2 is 2.00 bits per heavy atom. The molecule has 116 valence electrons. The average molecular weight is 329 g/mol. The van der Waals surface area contributed by atoms with Gasteiger partial charge in [0.05, 0.1) is 12.3 Å². The fourth-order valence-corrected chi connectivity index (χ4v) is 4.70. The van der Waals surface area contributed by atoms with Crippen LogP contribution in [-0.4, -0.2) is 61.7 Å². The molecule has 6 nitrogen and oxygen atoms in total. The van der Waals surface area contributed by atoms with E-state index in [1.807, 2.05) is 18.2 Å². The van der Waals surface area contributed by atoms with Gasteiger partial charge in [-0.1, -0.05) is 12.1 Å². The number of hydrogen-bond donors (Lipinski definition) is 1. The third-order valence-electron chi connectivity index (χ3n) is 3.33. The Hall–Kier alpha value is -1.25. The molecule has 1 fully saturated rings. The Labute approximate surface area is 129 Å². The van der Waals surface area contributed by atoms with E-state index in [2.05, 4.69) is 0 Å². The zero-order chi connectivity index (χ0) is 15.5. The van der Waals surface area contributed by atoms with Gasteiger partial charge in [-0.2, -0.15) is 4.31 Å². The number of thioether (sulfide) groups is 1. The molecule has 1 aromatic carbocycles. The van der Waals surface area contributed by atoms with Gasteiger partial charge < -0.3 is 10.6 Å². The lowest BCUT2D eigenvalue weighted by Crippen LogP contribution is -2.51. The fourth-order valence-electron chi connectivity index (χ4n) is 1.97. The summed E-state index contributed by atoms with van der Waals surface area (Å²) in [4.78, 5) is 14.0. The number of carbonyl (C=O) groups is 1. The lowest BCUT2D eigenvalue weighted by molar-refractivity contribution is -0.132. The zero-order valence-corrected chi connectivity index (χ0v) is 13.5. The van der Waals surface area contributed by atoms with E-state index in [0.717, 1.165) is 4.90 Å². The predicted molar refractivity (Wildman–Crippen MR) is 84.6 cm³/mol. The Bertz CT molecular complexity index is 619. The molecule has 2 rings (SSSR count). The van der Waals surface area contributed by atoms with E-state index in [1.165, 1.54) is 16.1 Å². The van der Waals surface area contributed by atoms with Crippen molar-refractivity contribution in [2.75, 3.05) is 43.9 Å². The summed E-state index contributed by atoms with van der Waals surface area (Å²) in [7, 11) is -1.72. The van der Waals surface area contributed by atoms with E-state index >= 15 is 0 Å². The van der Waals surface area contributed by atoms with Crippen molar-refractivity contribution in [1.29, 1.82) is 0 Å². The summed E-state index contributed by atoms with van der Waals surface area (Å²) in [5, 5.41) is 0. The van der Waals surface area contributed by atoms with Gasteiger partial charge in [0, 0.05) is 36.5 Å². The van der Waals surface area contributed by atoms with E-state index < -0.39 is 10.0 Å². The quantitative estimate of drug-likeness (QED) is 0.627. The van der Waals surface area contributed by atoms with Crippen molar-refractivity contribution in [2.45, 2.75) is 4.90 Å². The number of carbonyl (C=O) groups excluding carboxylic acids is 1. The Morgan fingerprint density at radius 1 is 1.29 bits per heavy atom. The maximum absolute atomic E-state index is 12.2. The molecule has 0 spiro atoms. The number of likely N-dealkylation sites (N-methyl/N-ethyl adjacent to an activating group) is 1. The van der Waals surface area contributed by atoms with Crippen LogP contribution in [0.2, 0.25) is 0 Å². The highest BCUT2D eigenvalue weighted by Gasteiger charge is 2.29. The summed E-state index contributed by atoms with van der Waals surface area (Å²) < 4.78 is 25.7. The molecule has 0 bridgehead atoms. The summed E-state index contributed by atoms with van der Waals surface area (Å²) >= 11 is 1.41. The minimum atomic E-state index is -3.40. The summed E-state index contributed by atoms with van der Waals surface area (Å²) in [6.07, 6.45) is 0. The van der Waals surface area contributed by atoms with Crippen LogP contribution in [-0.2, 0) is 14.8 Å². The number of hydrogen-bond acceptors (Lipinski definition) is 5. The largest absolute Gasteiger partial charge is 0.398 e. The van der Waals surface area contributed by atoms with Gasteiger partial charge in [-0.15, -0.1) is 11.8 Å². The Morgan fingerprint density at radius 3 is 2.67 bits per heavy atom. The van der Waals surface area contributed by atoms with Crippen molar-refractivity contribution in [1.82, 2.24) is 9.21 Å². The van der Waals surface area contributed by atoms with Crippen LogP contribution in [0.4, 0.5) is 5.69 Å². The molecule has 8 heteroatoms. The monoisotopic (exact) mass is 329 g/mol. The number of piperazine rings is 1. The van der Waals surface area contributed by atoms with Crippen molar-refractivity contribution in [3.8, 4) is 0 Å². The van der Waals surface area contributed by atoms with Crippen LogP contribution in [0.5, 0.6) is 0 Å². The van der Waals surface area contributed by atoms with Gasteiger partial charge in [0.15, 0.2) is 0 Å². The summed E-state index contributed by atoms with van der Waals surface area (Å²) in [5.41, 5.74) is 6.46. The normalized spacial score (nSPS) is 17.2. The number of nitrogens with two attached hydrogens (primary N) is 1. The second-order valence-electron chi connectivity index (χ2n) is 4.85. The molecule has 0 atom stereocenters. The number of nitrogen functional groups attached to an aromatic ring is 1. The molecule has 1 aliphatic rings. The zero-order valence-electron chi connectivity index (χ0n) is 11.9. The van der Waals surface area contributed by atoms with Gasteiger partial charge in [0.25, 0.3) is 0 Å². The van der Waals surface area contributed by atoms with Crippen molar-refractivity contribution >= 4 is 33.4 Å². The Kier molecular flexibility index (Phi) is 5.13. The number of sulfonamides is 1. The van der Waals surface area contributed by atoms with E-state index in [9.17, 15) is 13.2 Å². The SMILES string of the molecule is CN1CCN(S(=O)(=O)CCSc2ccccc2N)CC1=O. The number of rotatable bonds is 5. The molecular weight excluding hydrogens is 310 g/mol. The first kappa shape index (κ1) is 16.1. The number of benzene rings is 1. The van der Waals surface area contributed by atoms with Crippen molar-refractivity contribution in [3.05, 3.63) is 24.3 Å². The minimum absolute atomic E-state index is 0.00297. The van der Waals surface area contributed by atoms with Gasteiger partial charge in [0.1, 0.15) is 0 Å². The lowest BCUT2D eigenvalue weighted by Gasteiger charge is -2.31. The van der Waals surface area contributed by atoms with Crippen LogP contribution >= 0.6 is 11.8 Å². The van der Waals surface area contributed by atoms with Crippen LogP contribution in [0, 0.1) is 0 Å². The summed E-state index contributed by atoms with van der Waals surface area (Å²) in [6.45, 7) is 0.747. The van der Waals surface area contributed by atoms with Gasteiger partial charge in [0.2, 0.25) is 15.9 Å². The van der Waals surface area contributed by atoms with Gasteiger partial charge in [-0.25, -0.2) is 8.42 Å². The molecule has 21 heavy (non-hydrogen) atoms. The van der Waals surface area contributed by atoms with Crippen LogP contribution in [0.3, 0.4) is 0 Å². The molecule has 1 amide bonds. The van der Waals surface area contributed by atoms with E-state index in [4.69, 9.17) is 5.73 Å². The van der Waals surface area contributed by atoms with E-state index in [1.54, 1.807) is 18.0 Å². The second-order valence-corrected chi connectivity index (χ2v) is 8.08. The minimum Gasteiger partial charge on any atom is -0.398 e. The fraction of sp³-hybridized carbons (Fsp3) is 0.462. The van der Waals surface area contributed by atoms with Crippen molar-refractivity contribution in [2.24, 2.45) is 0 Å². The highest BCUT2D eigenvalue weighted by Crippen LogP contribution is 2.24. The third-order valence-corrected chi connectivity index (χ3v) is 6.50. The molecule has 0 unspecified atom stereocenters. The molecule has 0 radical (unpaired) electrons. The standard InChI is InChI=1S/C13H19N3O3S2/c1-15-6-7-16(10-13(15)17)21(18,19)9-8-20-12-5-3-2-4-11(12)14/h2-5H,6-10,14H2,1H3. The molecule has 1 aliphatic heterocycles. The molecule has 0 aromatic heterocycles. The number of amides is 1. The summed E-state index contributed by atoms with van der Waals surface area (Å²) in [6, 6.07) is 7.36. The smallest absolute Gasteiger partial charge is 0.237 e. The topological polar surface area (TPSA) is 83.7 Å². The first-order valence-electron chi connectivity index (χ1n) is 6.59. The third kappa shape index (κ3) is 4.12. The number of nitrogens with zero attached hydrogens (tertiary/aromatic N) is 2. The molecule has 2 N–H and O–H groups in total. The van der Waals surface area contributed by atoms with Gasteiger partial charge in [-0.3, -0.25) is 4.79 Å². The molecule has 1 heterocycles.